The van der Waals surface area contributed by atoms with Crippen molar-refractivity contribution in [1.82, 2.24) is 0 Å². The standard InChI is InChI=1S/C34H68O14/c1-3-5-6-7-8-10-36-12-14-38-16-18-40-20-22-42-24-26-44-28-30-46-32-33-47-31-29-45-27-25-43-23-21-41-19-17-39-15-13-37-11-9-34(35)48-4-2/h3-33H2,1-2H3. The maximum atomic E-state index is 11.2. The van der Waals surface area contributed by atoms with E-state index < -0.39 is 0 Å². The second kappa shape index (κ2) is 44.0. The van der Waals surface area contributed by atoms with E-state index in [1.807, 2.05) is 0 Å². The molecule has 0 fully saturated rings. The van der Waals surface area contributed by atoms with Crippen LogP contribution in [0.25, 0.3) is 0 Å². The minimum absolute atomic E-state index is 0.250. The third-order valence-corrected chi connectivity index (χ3v) is 6.24. The summed E-state index contributed by atoms with van der Waals surface area (Å²) < 4.78 is 70.4. The number of esters is 1. The van der Waals surface area contributed by atoms with E-state index in [0.29, 0.717) is 159 Å². The van der Waals surface area contributed by atoms with Gasteiger partial charge in [0.15, 0.2) is 0 Å². The summed E-state index contributed by atoms with van der Waals surface area (Å²) in [5.74, 6) is -0.250. The van der Waals surface area contributed by atoms with Crippen LogP contribution < -0.4 is 0 Å². The van der Waals surface area contributed by atoms with Gasteiger partial charge in [0, 0.05) is 6.61 Å². The molecule has 14 nitrogen and oxygen atoms in total. The van der Waals surface area contributed by atoms with Crippen LogP contribution in [0.1, 0.15) is 52.4 Å². The smallest absolute Gasteiger partial charge is 0.308 e. The van der Waals surface area contributed by atoms with Gasteiger partial charge in [-0.1, -0.05) is 32.6 Å². The summed E-state index contributed by atoms with van der Waals surface area (Å²) in [4.78, 5) is 11.2. The normalized spacial score (nSPS) is 11.5. The molecule has 0 saturated heterocycles. The van der Waals surface area contributed by atoms with Gasteiger partial charge in [-0.25, -0.2) is 0 Å². The minimum Gasteiger partial charge on any atom is -0.466 e. The molecular formula is C34H68O14. The van der Waals surface area contributed by atoms with Crippen molar-refractivity contribution in [3.8, 4) is 0 Å². The topological polar surface area (TPSA) is 137 Å². The predicted octanol–water partition coefficient (Wildman–Crippen LogP) is 3.11. The summed E-state index contributed by atoms with van der Waals surface area (Å²) in [6, 6.07) is 0. The summed E-state index contributed by atoms with van der Waals surface area (Å²) in [7, 11) is 0. The molecule has 48 heavy (non-hydrogen) atoms. The van der Waals surface area contributed by atoms with E-state index in [4.69, 9.17) is 61.6 Å². The number of ether oxygens (including phenoxy) is 13. The van der Waals surface area contributed by atoms with Crippen molar-refractivity contribution in [1.29, 1.82) is 0 Å². The molecule has 0 aromatic carbocycles. The fraction of sp³-hybridized carbons (Fsp3) is 0.971. The summed E-state index contributed by atoms with van der Waals surface area (Å²) in [5, 5.41) is 0. The molecule has 0 N–H and O–H groups in total. The van der Waals surface area contributed by atoms with Crippen molar-refractivity contribution in [2.75, 3.05) is 165 Å². The molecule has 0 heterocycles. The lowest BCUT2D eigenvalue weighted by Crippen LogP contribution is -2.15. The Hall–Kier alpha value is -1.01. The maximum absolute atomic E-state index is 11.2. The van der Waals surface area contributed by atoms with Crippen LogP contribution in [0.15, 0.2) is 0 Å². The van der Waals surface area contributed by atoms with Crippen molar-refractivity contribution in [2.45, 2.75) is 52.4 Å². The molecule has 0 saturated carbocycles. The molecule has 0 spiro atoms. The molecule has 0 aliphatic rings. The number of rotatable bonds is 43. The molecule has 288 valence electrons. The highest BCUT2D eigenvalue weighted by Crippen LogP contribution is 2.02. The number of hydrogen-bond donors (Lipinski definition) is 0. The molecule has 0 amide bonds. The molecule has 0 atom stereocenters. The predicted molar refractivity (Wildman–Crippen MR) is 180 cm³/mol. The third kappa shape index (κ3) is 43.0. The van der Waals surface area contributed by atoms with Gasteiger partial charge in [0.2, 0.25) is 0 Å². The molecule has 0 unspecified atom stereocenters. The molecular weight excluding hydrogens is 632 g/mol. The van der Waals surface area contributed by atoms with Crippen LogP contribution in [0.4, 0.5) is 0 Å². The monoisotopic (exact) mass is 700 g/mol. The average Bonchev–Trinajstić information content (AvgIpc) is 3.09. The molecule has 0 aliphatic heterocycles. The zero-order chi connectivity index (χ0) is 34.7. The van der Waals surface area contributed by atoms with Gasteiger partial charge in [-0.05, 0) is 13.3 Å². The number of carbonyl (C=O) groups excluding carboxylic acids is 1. The molecule has 0 aromatic rings. The van der Waals surface area contributed by atoms with E-state index >= 15 is 0 Å². The first-order chi connectivity index (χ1) is 23.8. The van der Waals surface area contributed by atoms with E-state index in [1.54, 1.807) is 6.92 Å². The van der Waals surface area contributed by atoms with E-state index in [1.165, 1.54) is 25.7 Å². The fourth-order valence-corrected chi connectivity index (χ4v) is 3.72. The lowest BCUT2D eigenvalue weighted by Gasteiger charge is -2.09. The highest BCUT2D eigenvalue weighted by Gasteiger charge is 2.01. The van der Waals surface area contributed by atoms with E-state index in [9.17, 15) is 4.79 Å². The Morgan fingerprint density at radius 2 is 0.562 bits per heavy atom. The van der Waals surface area contributed by atoms with Crippen LogP contribution in [0.3, 0.4) is 0 Å². The zero-order valence-corrected chi connectivity index (χ0v) is 30.1. The minimum atomic E-state index is -0.250. The average molecular weight is 701 g/mol. The summed E-state index contributed by atoms with van der Waals surface area (Å²) >= 11 is 0. The Morgan fingerprint density at radius 3 is 0.833 bits per heavy atom. The van der Waals surface area contributed by atoms with Crippen LogP contribution in [0.2, 0.25) is 0 Å². The van der Waals surface area contributed by atoms with Gasteiger partial charge in [0.25, 0.3) is 0 Å². The first-order valence-corrected chi connectivity index (χ1v) is 17.9. The van der Waals surface area contributed by atoms with Crippen LogP contribution in [0, 0.1) is 0 Å². The summed E-state index contributed by atoms with van der Waals surface area (Å²) in [6.07, 6.45) is 6.52. The van der Waals surface area contributed by atoms with Gasteiger partial charge < -0.3 is 61.6 Å². The second-order valence-corrected chi connectivity index (χ2v) is 10.3. The largest absolute Gasteiger partial charge is 0.466 e. The molecule has 0 rings (SSSR count). The third-order valence-electron chi connectivity index (χ3n) is 6.24. The van der Waals surface area contributed by atoms with Gasteiger partial charge in [-0.3, -0.25) is 4.79 Å². The first kappa shape index (κ1) is 47.0. The van der Waals surface area contributed by atoms with Crippen molar-refractivity contribution in [3.63, 3.8) is 0 Å². The molecule has 0 bridgehead atoms. The van der Waals surface area contributed by atoms with E-state index in [-0.39, 0.29) is 12.4 Å². The Kier molecular flexibility index (Phi) is 43.1. The van der Waals surface area contributed by atoms with Gasteiger partial charge in [-0.2, -0.15) is 0 Å². The second-order valence-electron chi connectivity index (χ2n) is 10.3. The van der Waals surface area contributed by atoms with Gasteiger partial charge in [0.1, 0.15) is 0 Å². The van der Waals surface area contributed by atoms with Crippen LogP contribution in [-0.2, 0) is 66.4 Å². The van der Waals surface area contributed by atoms with E-state index in [0.717, 1.165) is 13.0 Å². The summed E-state index contributed by atoms with van der Waals surface area (Å²) in [6.45, 7) is 16.9. The Morgan fingerprint density at radius 1 is 0.312 bits per heavy atom. The number of carbonyl (C=O) groups is 1. The van der Waals surface area contributed by atoms with Crippen LogP contribution in [-0.4, -0.2) is 171 Å². The lowest BCUT2D eigenvalue weighted by atomic mass is 10.2. The van der Waals surface area contributed by atoms with Crippen molar-refractivity contribution in [3.05, 3.63) is 0 Å². The van der Waals surface area contributed by atoms with Crippen molar-refractivity contribution < 1.29 is 66.4 Å². The fourth-order valence-electron chi connectivity index (χ4n) is 3.72. The highest BCUT2D eigenvalue weighted by atomic mass is 16.6. The SMILES string of the molecule is CCCCCCCOCCOCCOCCOCCOCCOCCOCCOCCOCCOCCOCCOCCC(=O)OCC. The number of unbranched alkanes of at least 4 members (excludes halogenated alkanes) is 4. The van der Waals surface area contributed by atoms with Crippen molar-refractivity contribution >= 4 is 5.97 Å². The van der Waals surface area contributed by atoms with Crippen LogP contribution >= 0.6 is 0 Å². The van der Waals surface area contributed by atoms with Crippen LogP contribution in [0.5, 0.6) is 0 Å². The summed E-state index contributed by atoms with van der Waals surface area (Å²) in [5.41, 5.74) is 0. The van der Waals surface area contributed by atoms with Gasteiger partial charge in [0.05, 0.1) is 165 Å². The van der Waals surface area contributed by atoms with Gasteiger partial charge in [-0.15, -0.1) is 0 Å². The Balaban J connectivity index is 3.06. The van der Waals surface area contributed by atoms with Gasteiger partial charge >= 0.3 is 5.97 Å². The molecule has 0 aromatic heterocycles. The molecule has 0 aliphatic carbocycles. The number of hydrogen-bond acceptors (Lipinski definition) is 14. The lowest BCUT2D eigenvalue weighted by molar-refractivity contribution is -0.144. The highest BCUT2D eigenvalue weighted by molar-refractivity contribution is 5.69. The van der Waals surface area contributed by atoms with E-state index in [2.05, 4.69) is 6.92 Å². The molecule has 0 radical (unpaired) electrons. The van der Waals surface area contributed by atoms with Crippen molar-refractivity contribution in [2.24, 2.45) is 0 Å². The zero-order valence-electron chi connectivity index (χ0n) is 30.1. The Labute approximate surface area is 289 Å². The molecule has 14 heteroatoms. The quantitative estimate of drug-likeness (QED) is 0.0681. The Bertz CT molecular complexity index is 602. The first-order valence-electron chi connectivity index (χ1n) is 17.9. The maximum Gasteiger partial charge on any atom is 0.308 e.